The zero-order valence-corrected chi connectivity index (χ0v) is 17.5. The Morgan fingerprint density at radius 1 is 1.23 bits per heavy atom. The minimum Gasteiger partial charge on any atom is -0.377 e. The van der Waals surface area contributed by atoms with Crippen LogP contribution in [-0.2, 0) is 4.74 Å². The number of rotatable bonds is 3. The lowest BCUT2D eigenvalue weighted by Crippen LogP contribution is -2.44. The summed E-state index contributed by atoms with van der Waals surface area (Å²) in [5.41, 5.74) is 4.57. The third-order valence-electron chi connectivity index (χ3n) is 5.15. The molecule has 4 heterocycles. The van der Waals surface area contributed by atoms with Gasteiger partial charge in [0.25, 0.3) is 0 Å². The van der Waals surface area contributed by atoms with Crippen molar-refractivity contribution in [2.24, 2.45) is 0 Å². The highest BCUT2D eigenvalue weighted by Crippen LogP contribution is 2.30. The zero-order valence-electron chi connectivity index (χ0n) is 17.5. The van der Waals surface area contributed by atoms with Gasteiger partial charge in [-0.25, -0.2) is 9.67 Å². The van der Waals surface area contributed by atoms with Crippen LogP contribution in [0.1, 0.15) is 12.5 Å². The number of H-pyrrole nitrogens is 1. The van der Waals surface area contributed by atoms with Crippen LogP contribution >= 0.6 is 0 Å². The van der Waals surface area contributed by atoms with Crippen molar-refractivity contribution in [3.8, 4) is 23.1 Å². The molecule has 0 spiro atoms. The Labute approximate surface area is 181 Å². The fraction of sp³-hybridized carbons (Fsp3) is 0.273. The number of aromatic nitrogens is 5. The van der Waals surface area contributed by atoms with E-state index in [4.69, 9.17) is 14.8 Å². The van der Waals surface area contributed by atoms with E-state index in [-0.39, 0.29) is 6.04 Å². The standard InChI is InChI=1S/C21H19N7O.CH3B/c1-14-13-29-10-9-27(14)19-6-5-18-21(24-19)20(17-7-8-23-25-17)26-28(18)16-4-2-3-15(11-16)12-22;1-2/h2-8,11,14H,9-10,13H2,1H3,(H,23,25);1H3/t14-;/m1./s1. The van der Waals surface area contributed by atoms with E-state index < -0.39 is 0 Å². The molecule has 5 rings (SSSR count). The second-order valence-corrected chi connectivity index (χ2v) is 7.05. The summed E-state index contributed by atoms with van der Waals surface area (Å²) in [5, 5.41) is 21.1. The van der Waals surface area contributed by atoms with Crippen molar-refractivity contribution in [2.45, 2.75) is 19.8 Å². The molecule has 1 aliphatic heterocycles. The number of morpholine rings is 1. The lowest BCUT2D eigenvalue weighted by molar-refractivity contribution is 0.0986. The number of nitriles is 1. The maximum atomic E-state index is 9.26. The van der Waals surface area contributed by atoms with E-state index in [0.717, 1.165) is 40.5 Å². The van der Waals surface area contributed by atoms with Crippen molar-refractivity contribution in [1.82, 2.24) is 25.0 Å². The molecule has 0 saturated carbocycles. The minimum atomic E-state index is 0.256. The molecule has 4 aromatic rings. The first kappa shape index (κ1) is 20.6. The number of nitrogens with zero attached hydrogens (tertiary/aromatic N) is 6. The zero-order chi connectivity index (χ0) is 21.8. The SMILES string of the molecule is C[C@@H]1COCCN1c1ccc2c(n1)c(-c1ccn[nH]1)nn2-c1cccc(C#N)c1.[B]C. The molecule has 0 amide bonds. The number of benzene rings is 1. The molecule has 2 radical (unpaired) electrons. The number of nitrogens with one attached hydrogen (secondary N) is 1. The van der Waals surface area contributed by atoms with E-state index in [1.165, 1.54) is 6.82 Å². The van der Waals surface area contributed by atoms with Crippen molar-refractivity contribution in [1.29, 1.82) is 5.26 Å². The second kappa shape index (κ2) is 9.02. The minimum absolute atomic E-state index is 0.256. The van der Waals surface area contributed by atoms with Gasteiger partial charge < -0.3 is 9.64 Å². The first-order valence-electron chi connectivity index (χ1n) is 10.1. The second-order valence-electron chi connectivity index (χ2n) is 7.05. The molecular formula is C22H22BN7O. The van der Waals surface area contributed by atoms with E-state index in [2.05, 4.69) is 35.9 Å². The third kappa shape index (κ3) is 3.90. The van der Waals surface area contributed by atoms with Gasteiger partial charge in [-0.1, -0.05) is 12.9 Å². The first-order chi connectivity index (χ1) is 15.2. The van der Waals surface area contributed by atoms with Gasteiger partial charge in [-0.05, 0) is 43.3 Å². The summed E-state index contributed by atoms with van der Waals surface area (Å²) in [7, 11) is 4.50. The number of ether oxygens (including phenoxy) is 1. The van der Waals surface area contributed by atoms with Gasteiger partial charge in [-0.15, -0.1) is 0 Å². The van der Waals surface area contributed by atoms with E-state index in [1.807, 2.05) is 41.1 Å². The maximum Gasteiger partial charge on any atom is 0.137 e. The molecule has 1 aliphatic rings. The maximum absolute atomic E-state index is 9.26. The molecule has 0 aliphatic carbocycles. The van der Waals surface area contributed by atoms with Crippen LogP contribution in [0.2, 0.25) is 6.82 Å². The van der Waals surface area contributed by atoms with Gasteiger partial charge in [-0.2, -0.15) is 15.5 Å². The molecule has 154 valence electrons. The average Bonchev–Trinajstić information content (AvgIpc) is 3.48. The summed E-state index contributed by atoms with van der Waals surface area (Å²) in [4.78, 5) is 7.23. The van der Waals surface area contributed by atoms with E-state index in [0.29, 0.717) is 18.8 Å². The molecule has 31 heavy (non-hydrogen) atoms. The summed E-state index contributed by atoms with van der Waals surface area (Å²) in [6, 6.07) is 15.8. The van der Waals surface area contributed by atoms with Gasteiger partial charge in [0.1, 0.15) is 17.0 Å². The molecule has 0 unspecified atom stereocenters. The molecule has 1 aromatic carbocycles. The Balaban J connectivity index is 0.00000112. The smallest absolute Gasteiger partial charge is 0.137 e. The van der Waals surface area contributed by atoms with Crippen molar-refractivity contribution in [2.75, 3.05) is 24.7 Å². The van der Waals surface area contributed by atoms with Crippen molar-refractivity contribution < 1.29 is 4.74 Å². The van der Waals surface area contributed by atoms with Crippen LogP contribution in [-0.4, -0.2) is 58.6 Å². The number of hydrogen-bond donors (Lipinski definition) is 1. The normalized spacial score (nSPS) is 15.9. The van der Waals surface area contributed by atoms with Crippen LogP contribution in [0, 0.1) is 11.3 Å². The molecule has 9 heteroatoms. The Morgan fingerprint density at radius 3 is 2.84 bits per heavy atom. The van der Waals surface area contributed by atoms with Crippen LogP contribution in [0.5, 0.6) is 0 Å². The van der Waals surface area contributed by atoms with Gasteiger partial charge in [0.05, 0.1) is 55.6 Å². The molecule has 8 nitrogen and oxygen atoms in total. The summed E-state index contributed by atoms with van der Waals surface area (Å²) >= 11 is 0. The van der Waals surface area contributed by atoms with Crippen LogP contribution in [0.15, 0.2) is 48.7 Å². The highest BCUT2D eigenvalue weighted by atomic mass is 16.5. The van der Waals surface area contributed by atoms with Gasteiger partial charge in [0.2, 0.25) is 0 Å². The van der Waals surface area contributed by atoms with E-state index >= 15 is 0 Å². The molecular weight excluding hydrogens is 389 g/mol. The van der Waals surface area contributed by atoms with Crippen molar-refractivity contribution in [3.63, 3.8) is 0 Å². The summed E-state index contributed by atoms with van der Waals surface area (Å²) < 4.78 is 7.39. The predicted molar refractivity (Wildman–Crippen MR) is 120 cm³/mol. The Kier molecular flexibility index (Phi) is 6.00. The fourth-order valence-corrected chi connectivity index (χ4v) is 3.69. The number of hydrogen-bond acceptors (Lipinski definition) is 6. The van der Waals surface area contributed by atoms with Gasteiger partial charge in [0.15, 0.2) is 0 Å². The number of aromatic amines is 1. The molecule has 1 N–H and O–H groups in total. The largest absolute Gasteiger partial charge is 0.377 e. The number of anilines is 1. The number of pyridine rings is 1. The van der Waals surface area contributed by atoms with E-state index in [9.17, 15) is 5.26 Å². The lowest BCUT2D eigenvalue weighted by atomic mass is 10.2. The lowest BCUT2D eigenvalue weighted by Gasteiger charge is -2.34. The Morgan fingerprint density at radius 2 is 2.10 bits per heavy atom. The third-order valence-corrected chi connectivity index (χ3v) is 5.15. The summed E-state index contributed by atoms with van der Waals surface area (Å²) in [6.45, 7) is 5.82. The molecule has 3 aromatic heterocycles. The van der Waals surface area contributed by atoms with Gasteiger partial charge in [0, 0.05) is 12.7 Å². The van der Waals surface area contributed by atoms with Crippen LogP contribution in [0.3, 0.4) is 0 Å². The van der Waals surface area contributed by atoms with E-state index in [1.54, 1.807) is 12.3 Å². The Hall–Kier alpha value is -3.64. The monoisotopic (exact) mass is 411 g/mol. The topological polar surface area (TPSA) is 95.7 Å². The van der Waals surface area contributed by atoms with Crippen LogP contribution in [0.4, 0.5) is 5.82 Å². The average molecular weight is 411 g/mol. The first-order valence-corrected chi connectivity index (χ1v) is 10.1. The Bertz CT molecular complexity index is 1210. The van der Waals surface area contributed by atoms with Crippen LogP contribution in [0.25, 0.3) is 28.1 Å². The molecule has 0 bridgehead atoms. The molecule has 1 fully saturated rings. The van der Waals surface area contributed by atoms with Crippen molar-refractivity contribution in [3.05, 3.63) is 54.2 Å². The van der Waals surface area contributed by atoms with Crippen LogP contribution < -0.4 is 4.90 Å². The predicted octanol–water partition coefficient (Wildman–Crippen LogP) is 3.11. The number of fused-ring (bicyclic) bond motifs is 1. The summed E-state index contributed by atoms with van der Waals surface area (Å²) in [6.07, 6.45) is 1.70. The quantitative estimate of drug-likeness (QED) is 0.521. The molecule has 1 saturated heterocycles. The summed E-state index contributed by atoms with van der Waals surface area (Å²) in [5.74, 6) is 0.902. The van der Waals surface area contributed by atoms with Gasteiger partial charge >= 0.3 is 0 Å². The fourth-order valence-electron chi connectivity index (χ4n) is 3.69. The van der Waals surface area contributed by atoms with Crippen molar-refractivity contribution >= 4 is 24.7 Å². The molecule has 1 atom stereocenters. The highest BCUT2D eigenvalue weighted by Gasteiger charge is 2.23. The van der Waals surface area contributed by atoms with Gasteiger partial charge in [-0.3, -0.25) is 5.10 Å². The highest BCUT2D eigenvalue weighted by molar-refractivity contribution is 6.05.